The molecule has 3 rings (SSSR count). The molecule has 0 unspecified atom stereocenters. The lowest BCUT2D eigenvalue weighted by Gasteiger charge is -2.07. The third-order valence-corrected chi connectivity index (χ3v) is 3.99. The van der Waals surface area contributed by atoms with Crippen molar-refractivity contribution in [3.05, 3.63) is 90.0 Å². The summed E-state index contributed by atoms with van der Waals surface area (Å²) in [5, 5.41) is 12.0. The lowest BCUT2D eigenvalue weighted by molar-refractivity contribution is -0.124. The number of hydrogen-bond donors (Lipinski definition) is 2. The molecule has 0 aliphatic carbocycles. The summed E-state index contributed by atoms with van der Waals surface area (Å²) in [5.41, 5.74) is 3.18. The summed E-state index contributed by atoms with van der Waals surface area (Å²) in [6, 6.07) is 23.2. The Morgan fingerprint density at radius 1 is 0.815 bits per heavy atom. The van der Waals surface area contributed by atoms with Crippen LogP contribution < -0.4 is 5.32 Å². The van der Waals surface area contributed by atoms with Crippen LogP contribution in [0, 0.1) is 0 Å². The van der Waals surface area contributed by atoms with E-state index in [1.807, 2.05) is 30.3 Å². The number of phenols is 1. The lowest BCUT2D eigenvalue weighted by Crippen LogP contribution is -2.28. The largest absolute Gasteiger partial charge is 0.508 e. The predicted octanol–water partition coefficient (Wildman–Crippen LogP) is 3.53. The summed E-state index contributed by atoms with van der Waals surface area (Å²) < 4.78 is 5.06. The molecule has 0 atom stereocenters. The summed E-state index contributed by atoms with van der Waals surface area (Å²) in [4.78, 5) is 23.9. The van der Waals surface area contributed by atoms with Crippen LogP contribution in [0.25, 0.3) is 11.1 Å². The SMILES string of the molecule is O=C(COC(=O)c1ccc(-c2ccc(O)cc2)cc1)NCc1ccccc1. The molecule has 0 saturated carbocycles. The molecule has 136 valence electrons. The Labute approximate surface area is 157 Å². The molecule has 5 heteroatoms. The van der Waals surface area contributed by atoms with Gasteiger partial charge in [0.25, 0.3) is 5.91 Å². The van der Waals surface area contributed by atoms with E-state index in [4.69, 9.17) is 4.74 Å². The Morgan fingerprint density at radius 2 is 1.41 bits per heavy atom. The minimum Gasteiger partial charge on any atom is -0.508 e. The van der Waals surface area contributed by atoms with Crippen LogP contribution in [0.3, 0.4) is 0 Å². The van der Waals surface area contributed by atoms with Crippen LogP contribution in [-0.2, 0) is 16.1 Å². The summed E-state index contributed by atoms with van der Waals surface area (Å²) in [5.74, 6) is -0.709. The summed E-state index contributed by atoms with van der Waals surface area (Å²) in [6.45, 7) is 0.0595. The van der Waals surface area contributed by atoms with Crippen molar-refractivity contribution in [2.75, 3.05) is 6.61 Å². The van der Waals surface area contributed by atoms with E-state index in [1.54, 1.807) is 48.5 Å². The van der Waals surface area contributed by atoms with E-state index in [9.17, 15) is 14.7 Å². The van der Waals surface area contributed by atoms with Gasteiger partial charge in [-0.2, -0.15) is 0 Å². The Morgan fingerprint density at radius 3 is 2.04 bits per heavy atom. The molecular weight excluding hydrogens is 342 g/mol. The van der Waals surface area contributed by atoms with Crippen LogP contribution in [0.15, 0.2) is 78.9 Å². The predicted molar refractivity (Wildman–Crippen MR) is 102 cm³/mol. The molecular formula is C22H19NO4. The van der Waals surface area contributed by atoms with Crippen LogP contribution in [0.2, 0.25) is 0 Å². The van der Waals surface area contributed by atoms with Crippen molar-refractivity contribution in [1.29, 1.82) is 0 Å². The fraction of sp³-hybridized carbons (Fsp3) is 0.0909. The van der Waals surface area contributed by atoms with E-state index in [0.29, 0.717) is 12.1 Å². The molecule has 0 aromatic heterocycles. The van der Waals surface area contributed by atoms with Crippen LogP contribution in [0.5, 0.6) is 5.75 Å². The van der Waals surface area contributed by atoms with Crippen molar-refractivity contribution in [3.63, 3.8) is 0 Å². The fourth-order valence-electron chi connectivity index (χ4n) is 2.51. The topological polar surface area (TPSA) is 75.6 Å². The van der Waals surface area contributed by atoms with E-state index >= 15 is 0 Å². The van der Waals surface area contributed by atoms with Gasteiger partial charge in [-0.3, -0.25) is 4.79 Å². The average molecular weight is 361 g/mol. The zero-order valence-corrected chi connectivity index (χ0v) is 14.6. The zero-order chi connectivity index (χ0) is 19.1. The van der Waals surface area contributed by atoms with Gasteiger partial charge < -0.3 is 15.2 Å². The Kier molecular flexibility index (Phi) is 5.84. The second-order valence-electron chi connectivity index (χ2n) is 5.96. The molecule has 0 heterocycles. The molecule has 1 amide bonds. The maximum absolute atomic E-state index is 12.1. The van der Waals surface area contributed by atoms with E-state index in [0.717, 1.165) is 16.7 Å². The first-order valence-electron chi connectivity index (χ1n) is 8.49. The third-order valence-electron chi connectivity index (χ3n) is 3.99. The monoisotopic (exact) mass is 361 g/mol. The summed E-state index contributed by atoms with van der Waals surface area (Å²) in [6.07, 6.45) is 0. The molecule has 0 aliphatic rings. The molecule has 3 aromatic carbocycles. The number of phenolic OH excluding ortho intramolecular Hbond substituents is 1. The molecule has 0 fully saturated rings. The van der Waals surface area contributed by atoms with Crippen molar-refractivity contribution in [1.82, 2.24) is 5.32 Å². The highest BCUT2D eigenvalue weighted by atomic mass is 16.5. The second-order valence-corrected chi connectivity index (χ2v) is 5.96. The molecule has 0 spiro atoms. The van der Waals surface area contributed by atoms with Gasteiger partial charge in [-0.15, -0.1) is 0 Å². The quantitative estimate of drug-likeness (QED) is 0.659. The lowest BCUT2D eigenvalue weighted by atomic mass is 10.0. The van der Waals surface area contributed by atoms with E-state index in [2.05, 4.69) is 5.32 Å². The van der Waals surface area contributed by atoms with Gasteiger partial charge in [0.1, 0.15) is 5.75 Å². The van der Waals surface area contributed by atoms with Gasteiger partial charge in [-0.05, 0) is 41.0 Å². The number of ether oxygens (including phenoxy) is 1. The number of amides is 1. The zero-order valence-electron chi connectivity index (χ0n) is 14.6. The molecule has 0 saturated heterocycles. The normalized spacial score (nSPS) is 10.2. The number of benzene rings is 3. The van der Waals surface area contributed by atoms with Gasteiger partial charge >= 0.3 is 5.97 Å². The van der Waals surface area contributed by atoms with Gasteiger partial charge in [-0.25, -0.2) is 4.79 Å². The highest BCUT2D eigenvalue weighted by Crippen LogP contribution is 2.22. The standard InChI is InChI=1S/C22H19NO4/c24-20-12-10-18(11-13-20)17-6-8-19(9-7-17)22(26)27-15-21(25)23-14-16-4-2-1-3-5-16/h1-13,24H,14-15H2,(H,23,25). The van der Waals surface area contributed by atoms with Gasteiger partial charge in [0.2, 0.25) is 0 Å². The Hall–Kier alpha value is -3.60. The van der Waals surface area contributed by atoms with Crippen molar-refractivity contribution in [2.24, 2.45) is 0 Å². The highest BCUT2D eigenvalue weighted by molar-refractivity contribution is 5.91. The van der Waals surface area contributed by atoms with E-state index < -0.39 is 5.97 Å². The maximum atomic E-state index is 12.1. The van der Waals surface area contributed by atoms with Crippen LogP contribution in [0.4, 0.5) is 0 Å². The molecule has 27 heavy (non-hydrogen) atoms. The first-order chi connectivity index (χ1) is 13.1. The fourth-order valence-corrected chi connectivity index (χ4v) is 2.51. The molecule has 2 N–H and O–H groups in total. The van der Waals surface area contributed by atoms with Gasteiger partial charge in [0.15, 0.2) is 6.61 Å². The number of nitrogens with one attached hydrogen (secondary N) is 1. The smallest absolute Gasteiger partial charge is 0.338 e. The first kappa shape index (κ1) is 18.2. The maximum Gasteiger partial charge on any atom is 0.338 e. The first-order valence-corrected chi connectivity index (χ1v) is 8.49. The molecule has 0 radical (unpaired) electrons. The average Bonchev–Trinajstić information content (AvgIpc) is 2.72. The molecule has 0 bridgehead atoms. The van der Waals surface area contributed by atoms with Crippen molar-refractivity contribution < 1.29 is 19.4 Å². The second kappa shape index (κ2) is 8.67. The van der Waals surface area contributed by atoms with Crippen LogP contribution >= 0.6 is 0 Å². The number of aromatic hydroxyl groups is 1. The van der Waals surface area contributed by atoms with E-state index in [-0.39, 0.29) is 18.3 Å². The summed E-state index contributed by atoms with van der Waals surface area (Å²) in [7, 11) is 0. The molecule has 3 aromatic rings. The van der Waals surface area contributed by atoms with Crippen molar-refractivity contribution >= 4 is 11.9 Å². The number of hydrogen-bond acceptors (Lipinski definition) is 4. The van der Waals surface area contributed by atoms with Gasteiger partial charge in [0, 0.05) is 6.54 Å². The minimum absolute atomic E-state index is 0.199. The molecule has 5 nitrogen and oxygen atoms in total. The van der Waals surface area contributed by atoms with Crippen LogP contribution in [-0.4, -0.2) is 23.6 Å². The number of esters is 1. The van der Waals surface area contributed by atoms with Crippen molar-refractivity contribution in [2.45, 2.75) is 6.54 Å². The van der Waals surface area contributed by atoms with Gasteiger partial charge in [0.05, 0.1) is 5.56 Å². The Balaban J connectivity index is 1.50. The number of carbonyl (C=O) groups is 2. The van der Waals surface area contributed by atoms with Crippen molar-refractivity contribution in [3.8, 4) is 16.9 Å². The van der Waals surface area contributed by atoms with Crippen LogP contribution in [0.1, 0.15) is 15.9 Å². The Bertz CT molecular complexity index is 903. The minimum atomic E-state index is -0.554. The van der Waals surface area contributed by atoms with E-state index in [1.165, 1.54) is 0 Å². The third kappa shape index (κ3) is 5.19. The number of rotatable bonds is 6. The van der Waals surface area contributed by atoms with Gasteiger partial charge in [-0.1, -0.05) is 54.6 Å². The molecule has 0 aliphatic heterocycles. The highest BCUT2D eigenvalue weighted by Gasteiger charge is 2.10. The number of carbonyl (C=O) groups excluding carboxylic acids is 2. The summed E-state index contributed by atoms with van der Waals surface area (Å²) >= 11 is 0.